The fourth-order valence-corrected chi connectivity index (χ4v) is 2.94. The van der Waals surface area contributed by atoms with E-state index in [-0.39, 0.29) is 0 Å². The summed E-state index contributed by atoms with van der Waals surface area (Å²) in [6.45, 7) is 9.09. The predicted octanol–water partition coefficient (Wildman–Crippen LogP) is 4.56. The Morgan fingerprint density at radius 1 is 1.15 bits per heavy atom. The lowest BCUT2D eigenvalue weighted by Crippen LogP contribution is -2.12. The summed E-state index contributed by atoms with van der Waals surface area (Å²) >= 11 is 0. The maximum atomic E-state index is 6.01. The molecule has 0 unspecified atom stereocenters. The Morgan fingerprint density at radius 3 is 2.69 bits per heavy atom. The van der Waals surface area contributed by atoms with Crippen LogP contribution in [0.4, 0.5) is 0 Å². The second-order valence-electron chi connectivity index (χ2n) is 6.98. The highest BCUT2D eigenvalue weighted by atomic mass is 16.5. The molecule has 0 fully saturated rings. The van der Waals surface area contributed by atoms with Crippen LogP contribution in [-0.2, 0) is 0 Å². The lowest BCUT2D eigenvalue weighted by atomic mass is 10.00. The van der Waals surface area contributed by atoms with Gasteiger partial charge in [-0.15, -0.1) is 0 Å². The minimum absolute atomic E-state index is 0.448. The van der Waals surface area contributed by atoms with Crippen LogP contribution in [0.2, 0.25) is 0 Å². The molecule has 0 N–H and O–H groups in total. The highest BCUT2D eigenvalue weighted by Gasteiger charge is 2.15. The number of aryl methyl sites for hydroxylation is 1. The van der Waals surface area contributed by atoms with Crippen molar-refractivity contribution < 1.29 is 9.15 Å². The quantitative estimate of drug-likeness (QED) is 0.620. The summed E-state index contributed by atoms with van der Waals surface area (Å²) in [5.41, 5.74) is 2.46. The second-order valence-corrected chi connectivity index (χ2v) is 6.98. The van der Waals surface area contributed by atoms with Crippen LogP contribution in [0.3, 0.4) is 0 Å². The van der Waals surface area contributed by atoms with Gasteiger partial charge in [-0.2, -0.15) is 0 Å². The van der Waals surface area contributed by atoms with Crippen molar-refractivity contribution in [1.29, 1.82) is 0 Å². The first-order valence-electron chi connectivity index (χ1n) is 8.84. The molecule has 6 heteroatoms. The molecule has 0 saturated carbocycles. The molecule has 0 saturated heterocycles. The zero-order valence-corrected chi connectivity index (χ0v) is 15.6. The Labute approximate surface area is 153 Å². The molecule has 3 aromatic rings. The van der Waals surface area contributed by atoms with Crippen molar-refractivity contribution in [3.63, 3.8) is 0 Å². The molecule has 3 aromatic heterocycles. The second kappa shape index (κ2) is 8.08. The van der Waals surface area contributed by atoms with Crippen molar-refractivity contribution in [2.75, 3.05) is 6.61 Å². The van der Waals surface area contributed by atoms with Crippen molar-refractivity contribution in [3.05, 3.63) is 42.9 Å². The molecule has 136 valence electrons. The summed E-state index contributed by atoms with van der Waals surface area (Å²) in [7, 11) is 0. The molecule has 0 spiro atoms. The van der Waals surface area contributed by atoms with Crippen molar-refractivity contribution in [1.82, 2.24) is 19.9 Å². The van der Waals surface area contributed by atoms with E-state index in [1.807, 2.05) is 19.1 Å². The summed E-state index contributed by atoms with van der Waals surface area (Å²) < 4.78 is 11.5. The van der Waals surface area contributed by atoms with E-state index in [0.29, 0.717) is 35.9 Å². The Bertz CT molecular complexity index is 847. The van der Waals surface area contributed by atoms with Crippen LogP contribution in [0.15, 0.2) is 41.5 Å². The first-order chi connectivity index (χ1) is 12.5. The van der Waals surface area contributed by atoms with Crippen molar-refractivity contribution >= 4 is 0 Å². The van der Waals surface area contributed by atoms with Gasteiger partial charge in [-0.3, -0.25) is 0 Å². The van der Waals surface area contributed by atoms with Crippen LogP contribution >= 0.6 is 0 Å². The van der Waals surface area contributed by atoms with E-state index < -0.39 is 0 Å². The molecule has 1 atom stereocenters. The molecule has 3 rings (SSSR count). The smallest absolute Gasteiger partial charge is 0.224 e. The predicted molar refractivity (Wildman–Crippen MR) is 99.6 cm³/mol. The van der Waals surface area contributed by atoms with Crippen LogP contribution in [0.5, 0.6) is 5.88 Å². The van der Waals surface area contributed by atoms with Gasteiger partial charge in [0.05, 0.1) is 24.1 Å². The van der Waals surface area contributed by atoms with Gasteiger partial charge < -0.3 is 9.15 Å². The first-order valence-corrected chi connectivity index (χ1v) is 8.84. The van der Waals surface area contributed by atoms with Crippen LogP contribution in [0, 0.1) is 18.8 Å². The van der Waals surface area contributed by atoms with Gasteiger partial charge in [-0.1, -0.05) is 20.8 Å². The zero-order valence-electron chi connectivity index (χ0n) is 15.6. The maximum absolute atomic E-state index is 6.01. The molecular weight excluding hydrogens is 328 g/mol. The van der Waals surface area contributed by atoms with Gasteiger partial charge in [-0.05, 0) is 37.3 Å². The molecule has 0 amide bonds. The molecule has 3 heterocycles. The number of hydrogen-bond acceptors (Lipinski definition) is 6. The number of rotatable bonds is 7. The number of nitrogens with zero attached hydrogens (tertiary/aromatic N) is 4. The molecule has 0 aliphatic rings. The summed E-state index contributed by atoms with van der Waals surface area (Å²) in [6.07, 6.45) is 7.68. The summed E-state index contributed by atoms with van der Waals surface area (Å²) in [5.74, 6) is 2.97. The fourth-order valence-electron chi connectivity index (χ4n) is 2.94. The molecular formula is C20H24N4O2. The monoisotopic (exact) mass is 352 g/mol. The van der Waals surface area contributed by atoms with E-state index in [4.69, 9.17) is 9.15 Å². The number of oxazole rings is 1. The third-order valence-corrected chi connectivity index (χ3v) is 4.00. The molecule has 0 aromatic carbocycles. The fraction of sp³-hybridized carbons (Fsp3) is 0.400. The number of hydrogen-bond donors (Lipinski definition) is 0. The molecule has 0 aliphatic heterocycles. The van der Waals surface area contributed by atoms with Gasteiger partial charge in [0.2, 0.25) is 5.88 Å². The first kappa shape index (κ1) is 18.0. The Hall–Kier alpha value is -2.76. The third kappa shape index (κ3) is 4.45. The lowest BCUT2D eigenvalue weighted by Gasteiger charge is -2.16. The highest BCUT2D eigenvalue weighted by Crippen LogP contribution is 2.32. The Balaban J connectivity index is 1.90. The van der Waals surface area contributed by atoms with E-state index in [1.165, 1.54) is 6.39 Å². The zero-order chi connectivity index (χ0) is 18.5. The summed E-state index contributed by atoms with van der Waals surface area (Å²) in [6, 6.07) is 3.83. The average Bonchev–Trinajstić information content (AvgIpc) is 3.14. The van der Waals surface area contributed by atoms with E-state index >= 15 is 0 Å². The van der Waals surface area contributed by atoms with Crippen molar-refractivity contribution in [3.8, 4) is 28.5 Å². The van der Waals surface area contributed by atoms with E-state index in [9.17, 15) is 0 Å². The topological polar surface area (TPSA) is 73.9 Å². The average molecular weight is 352 g/mol. The van der Waals surface area contributed by atoms with Gasteiger partial charge in [0, 0.05) is 18.0 Å². The van der Waals surface area contributed by atoms with Gasteiger partial charge in [-0.25, -0.2) is 19.9 Å². The minimum atomic E-state index is 0.448. The number of ether oxygens (including phenoxy) is 1. The number of aromatic nitrogens is 4. The van der Waals surface area contributed by atoms with E-state index in [1.54, 1.807) is 18.6 Å². The largest absolute Gasteiger partial charge is 0.477 e. The SMILES string of the molecule is Cc1nccc(-c2cnc(OC[C@H](C)CC(C)C)c(-c3cnco3)c2)n1. The van der Waals surface area contributed by atoms with Gasteiger partial charge in [0.15, 0.2) is 12.2 Å². The Morgan fingerprint density at radius 2 is 2.00 bits per heavy atom. The Kier molecular flexibility index (Phi) is 5.61. The third-order valence-electron chi connectivity index (χ3n) is 4.00. The molecule has 0 bridgehead atoms. The van der Waals surface area contributed by atoms with Gasteiger partial charge in [0.25, 0.3) is 0 Å². The van der Waals surface area contributed by atoms with E-state index in [0.717, 1.165) is 23.2 Å². The van der Waals surface area contributed by atoms with Crippen LogP contribution < -0.4 is 4.74 Å². The van der Waals surface area contributed by atoms with Gasteiger partial charge in [0.1, 0.15) is 5.82 Å². The van der Waals surface area contributed by atoms with Crippen LogP contribution in [-0.4, -0.2) is 26.5 Å². The van der Waals surface area contributed by atoms with Crippen LogP contribution in [0.1, 0.15) is 33.0 Å². The molecule has 6 nitrogen and oxygen atoms in total. The number of pyridine rings is 1. The standard InChI is InChI=1S/C20H24N4O2/c1-13(2)7-14(3)11-25-20-17(19-10-21-12-26-19)8-16(9-23-20)18-5-6-22-15(4)24-18/h5-6,8-10,12-14H,7,11H2,1-4H3/t14-/m1/s1. The van der Waals surface area contributed by atoms with Gasteiger partial charge >= 0.3 is 0 Å². The summed E-state index contributed by atoms with van der Waals surface area (Å²) in [5, 5.41) is 0. The molecule has 26 heavy (non-hydrogen) atoms. The summed E-state index contributed by atoms with van der Waals surface area (Å²) in [4.78, 5) is 17.1. The van der Waals surface area contributed by atoms with E-state index in [2.05, 4.69) is 40.7 Å². The lowest BCUT2D eigenvalue weighted by molar-refractivity contribution is 0.232. The van der Waals surface area contributed by atoms with Crippen LogP contribution in [0.25, 0.3) is 22.6 Å². The molecule has 0 radical (unpaired) electrons. The van der Waals surface area contributed by atoms with Crippen molar-refractivity contribution in [2.45, 2.75) is 34.1 Å². The highest BCUT2D eigenvalue weighted by molar-refractivity contribution is 5.71. The normalized spacial score (nSPS) is 12.3. The minimum Gasteiger partial charge on any atom is -0.477 e. The maximum Gasteiger partial charge on any atom is 0.224 e. The van der Waals surface area contributed by atoms with Crippen molar-refractivity contribution in [2.24, 2.45) is 11.8 Å². The molecule has 0 aliphatic carbocycles.